The Morgan fingerprint density at radius 3 is 2.75 bits per heavy atom. The first-order valence-electron chi connectivity index (χ1n) is 11.3. The van der Waals surface area contributed by atoms with Crippen molar-refractivity contribution in [1.82, 2.24) is 9.55 Å². The van der Waals surface area contributed by atoms with Crippen LogP contribution >= 0.6 is 0 Å². The van der Waals surface area contributed by atoms with Gasteiger partial charge in [0.05, 0.1) is 29.6 Å². The summed E-state index contributed by atoms with van der Waals surface area (Å²) in [6.45, 7) is -0.0529. The average Bonchev–Trinajstić information content (AvgIpc) is 3.44. The van der Waals surface area contributed by atoms with Gasteiger partial charge in [0.2, 0.25) is 0 Å². The van der Waals surface area contributed by atoms with E-state index in [1.165, 1.54) is 47.2 Å². The van der Waals surface area contributed by atoms with Crippen LogP contribution in [0, 0.1) is 11.6 Å². The van der Waals surface area contributed by atoms with E-state index < -0.39 is 23.2 Å². The number of carboxylic acids is 1. The van der Waals surface area contributed by atoms with Gasteiger partial charge < -0.3 is 19.4 Å². The number of benzene rings is 2. The van der Waals surface area contributed by atoms with Gasteiger partial charge in [0.1, 0.15) is 23.1 Å². The molecule has 0 atom stereocenters. The molecule has 0 spiro atoms. The van der Waals surface area contributed by atoms with E-state index in [1.807, 2.05) is 0 Å². The van der Waals surface area contributed by atoms with E-state index in [1.54, 1.807) is 6.07 Å². The first-order valence-corrected chi connectivity index (χ1v) is 11.3. The molecular formula is C27H18F2N2O5. The number of halogens is 2. The molecule has 1 aliphatic heterocycles. The van der Waals surface area contributed by atoms with Gasteiger partial charge in [-0.3, -0.25) is 9.59 Å². The Hall–Kier alpha value is -4.53. The monoisotopic (exact) mass is 488 g/mol. The van der Waals surface area contributed by atoms with Crippen molar-refractivity contribution in [2.45, 2.75) is 19.4 Å². The van der Waals surface area contributed by atoms with Crippen LogP contribution in [0.15, 0.2) is 47.4 Å². The number of H-pyrrole nitrogens is 1. The second-order valence-corrected chi connectivity index (χ2v) is 8.81. The molecule has 9 heteroatoms. The molecule has 0 unspecified atom stereocenters. The number of aromatic nitrogens is 2. The fourth-order valence-corrected chi connectivity index (χ4v) is 5.11. The molecule has 0 saturated carbocycles. The van der Waals surface area contributed by atoms with Gasteiger partial charge in [0.15, 0.2) is 5.78 Å². The van der Waals surface area contributed by atoms with Crippen molar-refractivity contribution in [1.29, 1.82) is 0 Å². The van der Waals surface area contributed by atoms with E-state index >= 15 is 8.78 Å². The van der Waals surface area contributed by atoms with E-state index in [9.17, 15) is 19.5 Å². The Balaban J connectivity index is 1.67. The van der Waals surface area contributed by atoms with Crippen molar-refractivity contribution >= 4 is 28.7 Å². The second-order valence-electron chi connectivity index (χ2n) is 8.81. The van der Waals surface area contributed by atoms with Crippen molar-refractivity contribution in [3.05, 3.63) is 92.5 Å². The molecule has 1 aliphatic carbocycles. The number of hydrogen-bond acceptors (Lipinski definition) is 4. The summed E-state index contributed by atoms with van der Waals surface area (Å²) in [5.41, 5.74) is 1.11. The second kappa shape index (κ2) is 8.01. The summed E-state index contributed by atoms with van der Waals surface area (Å²) in [5.74, 6) is -2.47. The lowest BCUT2D eigenvalue weighted by Crippen LogP contribution is -2.15. The number of ether oxygens (including phenoxy) is 1. The summed E-state index contributed by atoms with van der Waals surface area (Å²) >= 11 is 0. The normalized spacial score (nSPS) is 14.1. The summed E-state index contributed by atoms with van der Waals surface area (Å²) in [4.78, 5) is 39.8. The van der Waals surface area contributed by atoms with E-state index in [0.29, 0.717) is 23.1 Å². The highest BCUT2D eigenvalue weighted by Crippen LogP contribution is 2.44. The van der Waals surface area contributed by atoms with E-state index in [2.05, 4.69) is 4.98 Å². The van der Waals surface area contributed by atoms with Crippen LogP contribution in [0.2, 0.25) is 0 Å². The number of pyridine rings is 1. The highest BCUT2D eigenvalue weighted by atomic mass is 19.1. The van der Waals surface area contributed by atoms with Crippen molar-refractivity contribution < 1.29 is 28.2 Å². The molecule has 0 amide bonds. The number of nitrogens with one attached hydrogen (secondary N) is 1. The zero-order valence-corrected chi connectivity index (χ0v) is 18.7. The molecule has 180 valence electrons. The third kappa shape index (κ3) is 3.27. The fourth-order valence-electron chi connectivity index (χ4n) is 5.11. The highest BCUT2D eigenvalue weighted by molar-refractivity contribution is 6.11. The molecule has 0 fully saturated rings. The molecule has 7 nitrogen and oxygen atoms in total. The summed E-state index contributed by atoms with van der Waals surface area (Å²) in [5, 5.41) is 10.6. The molecule has 0 bridgehead atoms. The number of nitrogens with zero attached hydrogens (tertiary/aromatic N) is 1. The van der Waals surface area contributed by atoms with Crippen molar-refractivity contribution in [2.75, 3.05) is 6.61 Å². The molecule has 0 radical (unpaired) electrons. The van der Waals surface area contributed by atoms with Gasteiger partial charge in [-0.2, -0.15) is 0 Å². The van der Waals surface area contributed by atoms with Crippen molar-refractivity contribution in [2.24, 2.45) is 0 Å². The maximum Gasteiger partial charge on any atom is 0.353 e. The lowest BCUT2D eigenvalue weighted by Gasteiger charge is -2.15. The number of hydrogen-bond donors (Lipinski definition) is 2. The Morgan fingerprint density at radius 1 is 1.14 bits per heavy atom. The molecule has 2 N–H and O–H groups in total. The average molecular weight is 488 g/mol. The number of carboxylic acid groups (broad SMARTS) is 1. The standard InChI is InChI=1S/C27H18F2N2O5/c28-19-10-13-3-4-16(32)9-14(13)8-15(19)12-31-21-11-20(29)17-5-7-36-25(17)23(21)22(24(31)27(34)35)18-2-1-6-30-26(18)33/h1-4,6,8,10-11H,5,7,9,12H2,(H,30,33)(H,34,35). The van der Waals surface area contributed by atoms with Crippen molar-refractivity contribution in [3.8, 4) is 16.9 Å². The number of allylic oxidation sites excluding steroid dienone is 1. The first-order chi connectivity index (χ1) is 17.3. The minimum atomic E-state index is -1.37. The zero-order chi connectivity index (χ0) is 25.1. The first kappa shape index (κ1) is 22.0. The van der Waals surface area contributed by atoms with Gasteiger partial charge in [-0.25, -0.2) is 13.6 Å². The molecule has 3 heterocycles. The van der Waals surface area contributed by atoms with E-state index in [-0.39, 0.29) is 64.4 Å². The molecule has 4 aromatic rings. The van der Waals surface area contributed by atoms with Gasteiger partial charge in [0.25, 0.3) is 5.56 Å². The van der Waals surface area contributed by atoms with Crippen LogP contribution in [-0.4, -0.2) is 33.0 Å². The molecule has 0 saturated heterocycles. The lowest BCUT2D eigenvalue weighted by atomic mass is 9.94. The predicted octanol–water partition coefficient (Wildman–Crippen LogP) is 4.09. The maximum atomic E-state index is 15.2. The van der Waals surface area contributed by atoms with Crippen LogP contribution in [0.5, 0.6) is 5.75 Å². The minimum absolute atomic E-state index is 0.0737. The molecule has 2 aromatic heterocycles. The molecule has 2 aromatic carbocycles. The number of fused-ring (bicyclic) bond motifs is 4. The quantitative estimate of drug-likeness (QED) is 0.451. The smallest absolute Gasteiger partial charge is 0.353 e. The number of aromatic amines is 1. The summed E-state index contributed by atoms with van der Waals surface area (Å²) in [7, 11) is 0. The van der Waals surface area contributed by atoms with Crippen LogP contribution in [0.4, 0.5) is 8.78 Å². The Morgan fingerprint density at radius 2 is 1.97 bits per heavy atom. The number of ketones is 1. The fraction of sp³-hybridized carbons (Fsp3) is 0.148. The number of carbonyl (C=O) groups excluding carboxylic acids is 1. The number of aromatic carboxylic acids is 1. The Kier molecular flexibility index (Phi) is 4.89. The Bertz CT molecular complexity index is 1710. The van der Waals surface area contributed by atoms with Gasteiger partial charge >= 0.3 is 5.97 Å². The van der Waals surface area contributed by atoms with Gasteiger partial charge in [-0.05, 0) is 41.5 Å². The summed E-state index contributed by atoms with van der Waals surface area (Å²) < 4.78 is 37.2. The third-order valence-electron chi connectivity index (χ3n) is 6.70. The van der Waals surface area contributed by atoms with Crippen LogP contribution in [0.1, 0.15) is 32.7 Å². The summed E-state index contributed by atoms with van der Waals surface area (Å²) in [6, 6.07) is 7.07. The van der Waals surface area contributed by atoms with Crippen LogP contribution < -0.4 is 10.3 Å². The predicted molar refractivity (Wildman–Crippen MR) is 127 cm³/mol. The zero-order valence-electron chi connectivity index (χ0n) is 18.7. The third-order valence-corrected chi connectivity index (χ3v) is 6.70. The highest BCUT2D eigenvalue weighted by Gasteiger charge is 2.32. The molecule has 36 heavy (non-hydrogen) atoms. The molecule has 2 aliphatic rings. The van der Waals surface area contributed by atoms with Crippen LogP contribution in [0.25, 0.3) is 28.1 Å². The van der Waals surface area contributed by atoms with Gasteiger partial charge in [0, 0.05) is 35.7 Å². The lowest BCUT2D eigenvalue weighted by molar-refractivity contribution is -0.114. The topological polar surface area (TPSA) is 101 Å². The van der Waals surface area contributed by atoms with Gasteiger partial charge in [-0.1, -0.05) is 12.1 Å². The summed E-state index contributed by atoms with van der Waals surface area (Å²) in [6.07, 6.45) is 4.74. The number of rotatable bonds is 4. The molecule has 6 rings (SSSR count). The van der Waals surface area contributed by atoms with Crippen LogP contribution in [-0.2, 0) is 24.2 Å². The van der Waals surface area contributed by atoms with E-state index in [0.717, 1.165) is 0 Å². The molecular weight excluding hydrogens is 470 g/mol. The minimum Gasteiger partial charge on any atom is -0.492 e. The SMILES string of the molecule is O=C1C=Cc2cc(F)c(Cn3c(C(=O)O)c(-c4ccc[nH]c4=O)c4c5c(c(F)cc43)CCO5)cc2C1. The van der Waals surface area contributed by atoms with Crippen LogP contribution in [0.3, 0.4) is 0 Å². The van der Waals surface area contributed by atoms with Crippen molar-refractivity contribution in [3.63, 3.8) is 0 Å². The largest absolute Gasteiger partial charge is 0.492 e. The van der Waals surface area contributed by atoms with E-state index in [4.69, 9.17) is 4.74 Å². The van der Waals surface area contributed by atoms with Gasteiger partial charge in [-0.15, -0.1) is 0 Å². The maximum absolute atomic E-state index is 15.2. The Labute approximate surface area is 202 Å². The number of carbonyl (C=O) groups is 2.